The molecule has 1 fully saturated rings. The van der Waals surface area contributed by atoms with Gasteiger partial charge in [0, 0.05) is 32.5 Å². The van der Waals surface area contributed by atoms with Crippen LogP contribution in [0.5, 0.6) is 0 Å². The molecule has 0 saturated carbocycles. The lowest BCUT2D eigenvalue weighted by molar-refractivity contribution is -0.151. The van der Waals surface area contributed by atoms with Gasteiger partial charge in [0.25, 0.3) is 0 Å². The minimum absolute atomic E-state index is 0.0334. The van der Waals surface area contributed by atoms with Crippen molar-refractivity contribution in [3.05, 3.63) is 35.4 Å². The number of Topliss-reactive ketones (excluding diaryl/α,β-unsaturated/α-hetero) is 1. The molecule has 0 radical (unpaired) electrons. The average molecular weight is 360 g/mol. The average Bonchev–Trinajstić information content (AvgIpc) is 2.59. The van der Waals surface area contributed by atoms with Crippen LogP contribution in [0, 0.1) is 0 Å². The number of hydrogen-bond donors (Lipinski definition) is 1. The number of ether oxygens (including phenoxy) is 1. The van der Waals surface area contributed by atoms with E-state index in [0.717, 1.165) is 11.1 Å². The van der Waals surface area contributed by atoms with Gasteiger partial charge >= 0.3 is 0 Å². The van der Waals surface area contributed by atoms with E-state index < -0.39 is 0 Å². The SMILES string of the molecule is CC(=O)CCCOCC(=O)NCc1ccc(CC(=O)N2CCC2=O)cc1. The first kappa shape index (κ1) is 19.8. The Balaban J connectivity index is 1.65. The smallest absolute Gasteiger partial charge is 0.246 e. The summed E-state index contributed by atoms with van der Waals surface area (Å²) in [6.45, 7) is 2.76. The molecule has 0 spiro atoms. The topological polar surface area (TPSA) is 92.8 Å². The molecule has 1 aromatic carbocycles. The molecule has 1 heterocycles. The Morgan fingerprint density at radius 2 is 1.85 bits per heavy atom. The second-order valence-electron chi connectivity index (χ2n) is 6.32. The van der Waals surface area contributed by atoms with E-state index in [9.17, 15) is 19.2 Å². The lowest BCUT2D eigenvalue weighted by atomic mass is 10.1. The Hall–Kier alpha value is -2.54. The van der Waals surface area contributed by atoms with Crippen molar-refractivity contribution in [2.45, 2.75) is 39.2 Å². The van der Waals surface area contributed by atoms with Gasteiger partial charge in [-0.1, -0.05) is 24.3 Å². The molecule has 3 amide bonds. The fourth-order valence-corrected chi connectivity index (χ4v) is 2.46. The predicted molar refractivity (Wildman–Crippen MR) is 94.1 cm³/mol. The van der Waals surface area contributed by atoms with E-state index in [-0.39, 0.29) is 36.5 Å². The van der Waals surface area contributed by atoms with Gasteiger partial charge in [0.05, 0.1) is 6.42 Å². The van der Waals surface area contributed by atoms with Gasteiger partial charge in [0.1, 0.15) is 12.4 Å². The molecule has 0 atom stereocenters. The molecule has 1 N–H and O–H groups in total. The second-order valence-corrected chi connectivity index (χ2v) is 6.32. The van der Waals surface area contributed by atoms with Gasteiger partial charge < -0.3 is 14.8 Å². The molecule has 7 nitrogen and oxygen atoms in total. The maximum absolute atomic E-state index is 11.9. The van der Waals surface area contributed by atoms with Crippen molar-refractivity contribution < 1.29 is 23.9 Å². The number of nitrogens with one attached hydrogen (secondary N) is 1. The van der Waals surface area contributed by atoms with E-state index in [0.29, 0.717) is 39.0 Å². The summed E-state index contributed by atoms with van der Waals surface area (Å²) in [5, 5.41) is 2.75. The van der Waals surface area contributed by atoms with Gasteiger partial charge in [-0.05, 0) is 24.5 Å². The number of rotatable bonds is 10. The standard InChI is InChI=1S/C19H24N2O5/c1-14(22)3-2-10-26-13-17(23)20-12-16-6-4-15(5-7-16)11-19(25)21-9-8-18(21)24/h4-7H,2-3,8-13H2,1H3,(H,20,23). The van der Waals surface area contributed by atoms with Gasteiger partial charge in [-0.25, -0.2) is 0 Å². The summed E-state index contributed by atoms with van der Waals surface area (Å²) in [4.78, 5) is 46.9. The van der Waals surface area contributed by atoms with Gasteiger partial charge in [-0.15, -0.1) is 0 Å². The van der Waals surface area contributed by atoms with Crippen molar-refractivity contribution in [1.82, 2.24) is 10.2 Å². The molecule has 1 saturated heterocycles. The molecule has 0 aliphatic carbocycles. The molecule has 140 valence electrons. The molecule has 0 bridgehead atoms. The minimum atomic E-state index is -0.219. The minimum Gasteiger partial charge on any atom is -0.372 e. The van der Waals surface area contributed by atoms with E-state index in [1.807, 2.05) is 24.3 Å². The fourth-order valence-electron chi connectivity index (χ4n) is 2.46. The van der Waals surface area contributed by atoms with E-state index in [1.54, 1.807) is 0 Å². The summed E-state index contributed by atoms with van der Waals surface area (Å²) < 4.78 is 5.21. The number of amides is 3. The molecule has 2 rings (SSSR count). The molecule has 0 aromatic heterocycles. The number of nitrogens with zero attached hydrogens (tertiary/aromatic N) is 1. The van der Waals surface area contributed by atoms with Crippen LogP contribution in [-0.4, -0.2) is 48.2 Å². The lowest BCUT2D eigenvalue weighted by Crippen LogP contribution is -2.48. The third-order valence-corrected chi connectivity index (χ3v) is 4.07. The van der Waals surface area contributed by atoms with Crippen LogP contribution in [0.15, 0.2) is 24.3 Å². The van der Waals surface area contributed by atoms with Gasteiger partial charge in [0.15, 0.2) is 0 Å². The molecule has 7 heteroatoms. The van der Waals surface area contributed by atoms with Crippen LogP contribution in [-0.2, 0) is 36.9 Å². The summed E-state index contributed by atoms with van der Waals surface area (Å²) in [7, 11) is 0. The number of β-lactam (4-membered cyclic amide) rings is 1. The first-order chi connectivity index (χ1) is 12.5. The number of carbonyl (C=O) groups excluding carboxylic acids is 4. The van der Waals surface area contributed by atoms with Crippen LogP contribution < -0.4 is 5.32 Å². The zero-order chi connectivity index (χ0) is 18.9. The maximum Gasteiger partial charge on any atom is 0.246 e. The lowest BCUT2D eigenvalue weighted by Gasteiger charge is -2.28. The highest BCUT2D eigenvalue weighted by Crippen LogP contribution is 2.12. The van der Waals surface area contributed by atoms with Crippen molar-refractivity contribution in [2.24, 2.45) is 0 Å². The van der Waals surface area contributed by atoms with Gasteiger partial charge in [0.2, 0.25) is 17.7 Å². The van der Waals surface area contributed by atoms with Gasteiger partial charge in [-0.2, -0.15) is 0 Å². The Labute approximate surface area is 152 Å². The number of ketones is 1. The van der Waals surface area contributed by atoms with Crippen molar-refractivity contribution >= 4 is 23.5 Å². The van der Waals surface area contributed by atoms with E-state index in [4.69, 9.17) is 4.74 Å². The van der Waals surface area contributed by atoms with Crippen molar-refractivity contribution in [3.8, 4) is 0 Å². The third kappa shape index (κ3) is 6.40. The normalized spacial score (nSPS) is 13.3. The van der Waals surface area contributed by atoms with Crippen LogP contribution in [0.2, 0.25) is 0 Å². The molecule has 1 aliphatic rings. The highest BCUT2D eigenvalue weighted by Gasteiger charge is 2.29. The quantitative estimate of drug-likeness (QED) is 0.496. The first-order valence-electron chi connectivity index (χ1n) is 8.70. The summed E-state index contributed by atoms with van der Waals surface area (Å²) in [5.41, 5.74) is 1.74. The van der Waals surface area contributed by atoms with E-state index in [1.165, 1.54) is 11.8 Å². The number of likely N-dealkylation sites (tertiary alicyclic amines) is 1. The zero-order valence-electron chi connectivity index (χ0n) is 15.0. The van der Waals surface area contributed by atoms with E-state index in [2.05, 4.69) is 5.32 Å². The number of hydrogen-bond acceptors (Lipinski definition) is 5. The largest absolute Gasteiger partial charge is 0.372 e. The molecular weight excluding hydrogens is 336 g/mol. The van der Waals surface area contributed by atoms with Gasteiger partial charge in [-0.3, -0.25) is 19.3 Å². The van der Waals surface area contributed by atoms with Crippen molar-refractivity contribution in [1.29, 1.82) is 0 Å². The summed E-state index contributed by atoms with van der Waals surface area (Å²) >= 11 is 0. The number of benzene rings is 1. The Morgan fingerprint density at radius 3 is 2.42 bits per heavy atom. The van der Waals surface area contributed by atoms with Crippen LogP contribution in [0.3, 0.4) is 0 Å². The molecule has 0 unspecified atom stereocenters. The Kier molecular flexibility index (Phi) is 7.47. The second kappa shape index (κ2) is 9.82. The predicted octanol–water partition coefficient (Wildman–Crippen LogP) is 0.990. The molecule has 26 heavy (non-hydrogen) atoms. The Morgan fingerprint density at radius 1 is 1.15 bits per heavy atom. The monoisotopic (exact) mass is 360 g/mol. The number of carbonyl (C=O) groups is 4. The van der Waals surface area contributed by atoms with Crippen LogP contribution in [0.1, 0.15) is 37.3 Å². The highest BCUT2D eigenvalue weighted by atomic mass is 16.5. The zero-order valence-corrected chi connectivity index (χ0v) is 15.0. The highest BCUT2D eigenvalue weighted by molar-refractivity contribution is 6.00. The fraction of sp³-hybridized carbons (Fsp3) is 0.474. The molecule has 1 aliphatic heterocycles. The third-order valence-electron chi connectivity index (χ3n) is 4.07. The summed E-state index contributed by atoms with van der Waals surface area (Å²) in [6, 6.07) is 7.33. The maximum atomic E-state index is 11.9. The Bertz CT molecular complexity index is 669. The molecule has 1 aromatic rings. The van der Waals surface area contributed by atoms with Crippen LogP contribution in [0.25, 0.3) is 0 Å². The van der Waals surface area contributed by atoms with Crippen LogP contribution in [0.4, 0.5) is 0 Å². The van der Waals surface area contributed by atoms with E-state index >= 15 is 0 Å². The number of imide groups is 1. The first-order valence-corrected chi connectivity index (χ1v) is 8.70. The van der Waals surface area contributed by atoms with Crippen LogP contribution >= 0.6 is 0 Å². The summed E-state index contributed by atoms with van der Waals surface area (Å²) in [5.74, 6) is -0.398. The summed E-state index contributed by atoms with van der Waals surface area (Å²) in [6.07, 6.45) is 1.73. The molecular formula is C19H24N2O5. The van der Waals surface area contributed by atoms with Crippen molar-refractivity contribution in [3.63, 3.8) is 0 Å². The van der Waals surface area contributed by atoms with Crippen molar-refractivity contribution in [2.75, 3.05) is 19.8 Å².